The van der Waals surface area contributed by atoms with Crippen molar-refractivity contribution in [2.24, 2.45) is 0 Å². The summed E-state index contributed by atoms with van der Waals surface area (Å²) in [5.74, 6) is -0.245. The number of unbranched alkanes of at least 4 members (excludes halogenated alkanes) is 1. The van der Waals surface area contributed by atoms with Gasteiger partial charge in [-0.3, -0.25) is 0 Å². The molecule has 0 atom stereocenters. The summed E-state index contributed by atoms with van der Waals surface area (Å²) in [4.78, 5) is 15.9. The zero-order valence-corrected chi connectivity index (χ0v) is 15.7. The Morgan fingerprint density at radius 3 is 1.96 bits per heavy atom. The molecule has 0 aliphatic carbocycles. The number of esters is 1. The minimum absolute atomic E-state index is 0.245. The van der Waals surface area contributed by atoms with Gasteiger partial charge >= 0.3 is 5.97 Å². The van der Waals surface area contributed by atoms with E-state index in [1.807, 2.05) is 30.3 Å². The van der Waals surface area contributed by atoms with Crippen LogP contribution in [0.5, 0.6) is 0 Å². The normalized spacial score (nSPS) is 10.7. The van der Waals surface area contributed by atoms with Crippen LogP contribution < -0.4 is 0 Å². The van der Waals surface area contributed by atoms with Crippen molar-refractivity contribution in [3.8, 4) is 0 Å². The predicted octanol–water partition coefficient (Wildman–Crippen LogP) is 5.74. The number of carbonyl (C=O) groups is 1. The van der Waals surface area contributed by atoms with Gasteiger partial charge in [0.25, 0.3) is 0 Å². The van der Waals surface area contributed by atoms with Crippen LogP contribution in [0.15, 0.2) is 99.6 Å². The Labute approximate surface area is 158 Å². The molecule has 2 nitrogen and oxygen atoms in total. The van der Waals surface area contributed by atoms with Gasteiger partial charge in [0.15, 0.2) is 14.7 Å². The number of ether oxygens (including phenoxy) is 1. The summed E-state index contributed by atoms with van der Waals surface area (Å²) < 4.78 is 5.38. The Bertz CT molecular complexity index is 792. The summed E-state index contributed by atoms with van der Waals surface area (Å²) in [5, 5.41) is 0. The lowest BCUT2D eigenvalue weighted by atomic mass is 10.2. The fraction of sp³-hybridized carbons (Fsp3) is 0.174. The molecule has 0 N–H and O–H groups in total. The molecule has 0 aliphatic heterocycles. The quantitative estimate of drug-likeness (QED) is 0.304. The smallest absolute Gasteiger partial charge is 0.338 e. The maximum atomic E-state index is 12.3. The predicted molar refractivity (Wildman–Crippen MR) is 107 cm³/mol. The molecule has 3 rings (SSSR count). The van der Waals surface area contributed by atoms with E-state index in [9.17, 15) is 4.79 Å². The van der Waals surface area contributed by atoms with Crippen LogP contribution in [-0.4, -0.2) is 12.6 Å². The highest BCUT2D eigenvalue weighted by molar-refractivity contribution is 7.97. The lowest BCUT2D eigenvalue weighted by Gasteiger charge is -2.09. The summed E-state index contributed by atoms with van der Waals surface area (Å²) in [7, 11) is -0.257. The Balaban J connectivity index is 1.95. The Hall–Kier alpha value is -2.52. The van der Waals surface area contributed by atoms with Gasteiger partial charge < -0.3 is 4.74 Å². The third-order valence-electron chi connectivity index (χ3n) is 3.99. The minimum Gasteiger partial charge on any atom is -0.462 e. The largest absolute Gasteiger partial charge is 0.462 e. The molecule has 0 saturated carbocycles. The van der Waals surface area contributed by atoms with Crippen LogP contribution in [0.2, 0.25) is 0 Å². The summed E-state index contributed by atoms with van der Waals surface area (Å²) in [6.45, 7) is 2.56. The molecule has 0 aliphatic rings. The van der Waals surface area contributed by atoms with Crippen LogP contribution in [0.1, 0.15) is 30.1 Å². The van der Waals surface area contributed by atoms with Gasteiger partial charge in [-0.25, -0.2) is 4.79 Å². The van der Waals surface area contributed by atoms with E-state index in [0.717, 1.165) is 17.7 Å². The number of benzene rings is 3. The number of rotatable bonds is 7. The first-order valence-corrected chi connectivity index (χ1v) is 10.1. The van der Waals surface area contributed by atoms with Crippen molar-refractivity contribution < 1.29 is 9.53 Å². The maximum Gasteiger partial charge on any atom is 0.338 e. The summed E-state index contributed by atoms with van der Waals surface area (Å²) in [6, 6.07) is 28.7. The average molecular weight is 364 g/mol. The van der Waals surface area contributed by atoms with Crippen LogP contribution >= 0.6 is 0 Å². The van der Waals surface area contributed by atoms with Crippen molar-refractivity contribution in [2.45, 2.75) is 34.5 Å². The van der Waals surface area contributed by atoms with Gasteiger partial charge in [0.1, 0.15) is 0 Å². The highest BCUT2D eigenvalue weighted by atomic mass is 32.2. The SMILES string of the molecule is CCCCOC(=O)c1cccc([S+](c2ccccc2)c2ccccc2)c1. The first kappa shape index (κ1) is 18.3. The lowest BCUT2D eigenvalue weighted by Crippen LogP contribution is -2.09. The van der Waals surface area contributed by atoms with Crippen LogP contribution in [-0.2, 0) is 15.6 Å². The highest BCUT2D eigenvalue weighted by Crippen LogP contribution is 2.31. The van der Waals surface area contributed by atoms with Crippen LogP contribution in [0, 0.1) is 0 Å². The molecule has 132 valence electrons. The minimum atomic E-state index is -0.257. The van der Waals surface area contributed by atoms with Gasteiger partial charge in [0.05, 0.1) is 23.1 Å². The molecule has 0 amide bonds. The van der Waals surface area contributed by atoms with Crippen molar-refractivity contribution in [3.63, 3.8) is 0 Å². The van der Waals surface area contributed by atoms with Crippen LogP contribution in [0.3, 0.4) is 0 Å². The van der Waals surface area contributed by atoms with Crippen molar-refractivity contribution in [3.05, 3.63) is 90.5 Å². The van der Waals surface area contributed by atoms with Crippen LogP contribution in [0.4, 0.5) is 0 Å². The molecule has 0 heterocycles. The second-order valence-electron chi connectivity index (χ2n) is 5.95. The molecule has 3 aromatic rings. The van der Waals surface area contributed by atoms with Crippen LogP contribution in [0.25, 0.3) is 0 Å². The molecule has 3 heteroatoms. The fourth-order valence-corrected chi connectivity index (χ4v) is 4.80. The Morgan fingerprint density at radius 1 is 0.808 bits per heavy atom. The average Bonchev–Trinajstić information content (AvgIpc) is 2.70. The highest BCUT2D eigenvalue weighted by Gasteiger charge is 2.29. The van der Waals surface area contributed by atoms with E-state index in [4.69, 9.17) is 4.74 Å². The van der Waals surface area contributed by atoms with Gasteiger partial charge in [-0.15, -0.1) is 0 Å². The third-order valence-corrected chi connectivity index (χ3v) is 6.21. The van der Waals surface area contributed by atoms with Gasteiger partial charge in [-0.2, -0.15) is 0 Å². The zero-order valence-electron chi connectivity index (χ0n) is 14.9. The Kier molecular flexibility index (Phi) is 6.50. The molecule has 0 unspecified atom stereocenters. The monoisotopic (exact) mass is 363 g/mol. The molecular formula is C23H23O2S+. The molecule has 0 saturated heterocycles. The zero-order chi connectivity index (χ0) is 18.2. The van der Waals surface area contributed by atoms with Gasteiger partial charge in [0, 0.05) is 6.07 Å². The van der Waals surface area contributed by atoms with Crippen molar-refractivity contribution in [2.75, 3.05) is 6.61 Å². The summed E-state index contributed by atoms with van der Waals surface area (Å²) in [6.07, 6.45) is 1.91. The van der Waals surface area contributed by atoms with Gasteiger partial charge in [-0.05, 0) is 42.8 Å². The van der Waals surface area contributed by atoms with E-state index >= 15 is 0 Å². The van der Waals surface area contributed by atoms with E-state index in [1.165, 1.54) is 9.79 Å². The van der Waals surface area contributed by atoms with Crippen molar-refractivity contribution >= 4 is 16.9 Å². The van der Waals surface area contributed by atoms with E-state index in [0.29, 0.717) is 12.2 Å². The summed E-state index contributed by atoms with van der Waals surface area (Å²) in [5.41, 5.74) is 0.614. The molecule has 0 spiro atoms. The molecule has 0 radical (unpaired) electrons. The molecular weight excluding hydrogens is 340 g/mol. The molecule has 0 aromatic heterocycles. The maximum absolute atomic E-state index is 12.3. The molecule has 26 heavy (non-hydrogen) atoms. The number of hydrogen-bond acceptors (Lipinski definition) is 2. The number of carbonyl (C=O) groups excluding carboxylic acids is 1. The first-order valence-electron chi connectivity index (χ1n) is 8.91. The van der Waals surface area contributed by atoms with E-state index < -0.39 is 0 Å². The summed E-state index contributed by atoms with van der Waals surface area (Å²) >= 11 is 0. The first-order chi connectivity index (χ1) is 12.8. The standard InChI is InChI=1S/C23H23O2S/c1-2-3-17-25-23(24)19-11-10-16-22(18-19)26(20-12-6-4-7-13-20)21-14-8-5-9-15-21/h4-16,18H,2-3,17H2,1H3/q+1. The second-order valence-corrected chi connectivity index (χ2v) is 7.98. The second kappa shape index (κ2) is 9.25. The fourth-order valence-electron chi connectivity index (χ4n) is 2.66. The number of hydrogen-bond donors (Lipinski definition) is 0. The van der Waals surface area contributed by atoms with E-state index in [-0.39, 0.29) is 16.9 Å². The molecule has 3 aromatic carbocycles. The van der Waals surface area contributed by atoms with E-state index in [2.05, 4.69) is 61.5 Å². The van der Waals surface area contributed by atoms with Crippen molar-refractivity contribution in [1.29, 1.82) is 0 Å². The molecule has 0 fully saturated rings. The van der Waals surface area contributed by atoms with Gasteiger partial charge in [-0.1, -0.05) is 55.8 Å². The van der Waals surface area contributed by atoms with E-state index in [1.54, 1.807) is 0 Å². The third kappa shape index (κ3) is 4.55. The van der Waals surface area contributed by atoms with Crippen molar-refractivity contribution in [1.82, 2.24) is 0 Å². The van der Waals surface area contributed by atoms with Gasteiger partial charge in [0.2, 0.25) is 0 Å². The Morgan fingerprint density at radius 2 is 1.38 bits per heavy atom. The topological polar surface area (TPSA) is 26.3 Å². The lowest BCUT2D eigenvalue weighted by molar-refractivity contribution is 0.0499. The molecule has 0 bridgehead atoms.